The van der Waals surface area contributed by atoms with Crippen LogP contribution in [0.5, 0.6) is 0 Å². The predicted octanol–water partition coefficient (Wildman–Crippen LogP) is 4.60. The van der Waals surface area contributed by atoms with Crippen LogP contribution in [-0.2, 0) is 6.42 Å². The molecule has 0 unspecified atom stereocenters. The van der Waals surface area contributed by atoms with E-state index in [4.69, 9.17) is 16.0 Å². The number of anilines is 1. The number of halogens is 1. The molecule has 3 aromatic rings. The fourth-order valence-electron chi connectivity index (χ4n) is 3.13. The van der Waals surface area contributed by atoms with Crippen LogP contribution in [0.1, 0.15) is 27.0 Å². The molecule has 0 saturated carbocycles. The van der Waals surface area contributed by atoms with Crippen LogP contribution in [0, 0.1) is 0 Å². The van der Waals surface area contributed by atoms with Gasteiger partial charge in [0.15, 0.2) is 0 Å². The molecule has 0 saturated heterocycles. The zero-order chi connectivity index (χ0) is 18.1. The Bertz CT molecular complexity index is 976. The molecule has 0 fully saturated rings. The summed E-state index contributed by atoms with van der Waals surface area (Å²) in [4.78, 5) is 18.8. The van der Waals surface area contributed by atoms with Gasteiger partial charge >= 0.3 is 0 Å². The molecule has 1 aliphatic rings. The first-order valence-corrected chi connectivity index (χ1v) is 8.76. The topological polar surface area (TPSA) is 45.8 Å². The number of nitrogens with zero attached hydrogens (tertiary/aromatic N) is 2. The SMILES string of the molecule is CN(C(=O)c1ccc(C2=NCCc3ccc(Cl)cc32)cc1)c1ccco1. The molecule has 26 heavy (non-hydrogen) atoms. The predicted molar refractivity (Wildman–Crippen MR) is 104 cm³/mol. The first kappa shape index (κ1) is 16.6. The summed E-state index contributed by atoms with van der Waals surface area (Å²) in [5, 5.41) is 0.699. The van der Waals surface area contributed by atoms with E-state index in [2.05, 4.69) is 11.1 Å². The Morgan fingerprint density at radius 2 is 1.96 bits per heavy atom. The first-order valence-electron chi connectivity index (χ1n) is 8.39. The normalized spacial score (nSPS) is 13.1. The number of carbonyl (C=O) groups excluding carboxylic acids is 1. The van der Waals surface area contributed by atoms with E-state index in [0.29, 0.717) is 16.5 Å². The third-order valence-corrected chi connectivity index (χ3v) is 4.76. The van der Waals surface area contributed by atoms with Crippen molar-refractivity contribution in [3.63, 3.8) is 0 Å². The second kappa shape index (κ2) is 6.81. The number of aliphatic imine (C=N–C) groups is 1. The summed E-state index contributed by atoms with van der Waals surface area (Å²) >= 11 is 6.17. The van der Waals surface area contributed by atoms with Crippen molar-refractivity contribution in [1.82, 2.24) is 0 Å². The molecule has 5 heteroatoms. The summed E-state index contributed by atoms with van der Waals surface area (Å²) in [6.45, 7) is 0.756. The van der Waals surface area contributed by atoms with Crippen LogP contribution in [0.4, 0.5) is 5.88 Å². The maximum absolute atomic E-state index is 12.6. The molecule has 0 N–H and O–H groups in total. The highest BCUT2D eigenvalue weighted by Gasteiger charge is 2.18. The van der Waals surface area contributed by atoms with Crippen LogP contribution in [0.25, 0.3) is 0 Å². The summed E-state index contributed by atoms with van der Waals surface area (Å²) in [7, 11) is 1.69. The fourth-order valence-corrected chi connectivity index (χ4v) is 3.30. The van der Waals surface area contributed by atoms with E-state index < -0.39 is 0 Å². The highest BCUT2D eigenvalue weighted by molar-refractivity contribution is 6.31. The minimum atomic E-state index is -0.125. The molecule has 4 rings (SSSR count). The molecule has 0 atom stereocenters. The van der Waals surface area contributed by atoms with E-state index in [0.717, 1.165) is 29.8 Å². The summed E-state index contributed by atoms with van der Waals surface area (Å²) < 4.78 is 5.28. The van der Waals surface area contributed by atoms with Gasteiger partial charge in [0.2, 0.25) is 5.88 Å². The minimum absolute atomic E-state index is 0.125. The highest BCUT2D eigenvalue weighted by Crippen LogP contribution is 2.24. The van der Waals surface area contributed by atoms with Crippen LogP contribution in [0.15, 0.2) is 70.3 Å². The van der Waals surface area contributed by atoms with Gasteiger partial charge < -0.3 is 4.42 Å². The number of hydrogen-bond donors (Lipinski definition) is 0. The third kappa shape index (κ3) is 3.04. The average molecular weight is 365 g/mol. The van der Waals surface area contributed by atoms with Gasteiger partial charge in [-0.15, -0.1) is 0 Å². The second-order valence-electron chi connectivity index (χ2n) is 6.17. The molecule has 0 spiro atoms. The zero-order valence-electron chi connectivity index (χ0n) is 14.3. The van der Waals surface area contributed by atoms with Gasteiger partial charge in [-0.05, 0) is 42.3 Å². The summed E-state index contributed by atoms with van der Waals surface area (Å²) in [6, 6.07) is 16.9. The van der Waals surface area contributed by atoms with Gasteiger partial charge in [-0.25, -0.2) is 0 Å². The van der Waals surface area contributed by atoms with Crippen molar-refractivity contribution in [2.45, 2.75) is 6.42 Å². The summed E-state index contributed by atoms with van der Waals surface area (Å²) in [5.41, 5.74) is 4.81. The molecule has 1 amide bonds. The molecular weight excluding hydrogens is 348 g/mol. The highest BCUT2D eigenvalue weighted by atomic mass is 35.5. The lowest BCUT2D eigenvalue weighted by Crippen LogP contribution is -2.25. The van der Waals surface area contributed by atoms with Crippen LogP contribution < -0.4 is 4.90 Å². The largest absolute Gasteiger partial charge is 0.448 e. The van der Waals surface area contributed by atoms with Crippen molar-refractivity contribution in [2.24, 2.45) is 4.99 Å². The average Bonchev–Trinajstić information content (AvgIpc) is 3.21. The Kier molecular flexibility index (Phi) is 4.35. The number of furan rings is 1. The van der Waals surface area contributed by atoms with E-state index in [1.165, 1.54) is 10.5 Å². The number of amides is 1. The van der Waals surface area contributed by atoms with Gasteiger partial charge in [0.05, 0.1) is 12.0 Å². The molecule has 1 aliphatic heterocycles. The molecule has 2 aromatic carbocycles. The Morgan fingerprint density at radius 1 is 1.15 bits per heavy atom. The summed E-state index contributed by atoms with van der Waals surface area (Å²) in [6.07, 6.45) is 2.46. The number of rotatable bonds is 3. The lowest BCUT2D eigenvalue weighted by Gasteiger charge is -2.18. The maximum atomic E-state index is 12.6. The van der Waals surface area contributed by atoms with Gasteiger partial charge in [0.1, 0.15) is 0 Å². The number of fused-ring (bicyclic) bond motifs is 1. The monoisotopic (exact) mass is 364 g/mol. The van der Waals surface area contributed by atoms with E-state index in [9.17, 15) is 4.79 Å². The van der Waals surface area contributed by atoms with Crippen molar-refractivity contribution in [3.8, 4) is 0 Å². The van der Waals surface area contributed by atoms with Crippen molar-refractivity contribution < 1.29 is 9.21 Å². The molecule has 4 nitrogen and oxygen atoms in total. The van der Waals surface area contributed by atoms with E-state index >= 15 is 0 Å². The van der Waals surface area contributed by atoms with E-state index in [1.807, 2.05) is 36.4 Å². The van der Waals surface area contributed by atoms with Crippen molar-refractivity contribution in [2.75, 3.05) is 18.5 Å². The van der Waals surface area contributed by atoms with Crippen molar-refractivity contribution in [3.05, 3.63) is 88.1 Å². The lowest BCUT2D eigenvalue weighted by atomic mass is 9.93. The standard InChI is InChI=1S/C21H17ClN2O2/c1-24(19-3-2-12-26-19)21(25)16-6-4-15(5-7-16)20-18-13-17(22)9-8-14(18)10-11-23-20/h2-9,12-13H,10-11H2,1H3. The summed E-state index contributed by atoms with van der Waals surface area (Å²) in [5.74, 6) is 0.389. The zero-order valence-corrected chi connectivity index (χ0v) is 15.0. The molecular formula is C21H17ClN2O2. The van der Waals surface area contributed by atoms with Crippen LogP contribution >= 0.6 is 11.6 Å². The third-order valence-electron chi connectivity index (χ3n) is 4.52. The molecule has 1 aromatic heterocycles. The molecule has 0 radical (unpaired) electrons. The van der Waals surface area contributed by atoms with E-state index in [-0.39, 0.29) is 5.91 Å². The molecule has 0 aliphatic carbocycles. The molecule has 130 valence electrons. The smallest absolute Gasteiger partial charge is 0.260 e. The Hall–Kier alpha value is -2.85. The van der Waals surface area contributed by atoms with Crippen LogP contribution in [-0.4, -0.2) is 25.2 Å². The Morgan fingerprint density at radius 3 is 2.69 bits per heavy atom. The van der Waals surface area contributed by atoms with E-state index in [1.54, 1.807) is 25.4 Å². The van der Waals surface area contributed by atoms with Gasteiger partial charge in [0, 0.05) is 41.4 Å². The lowest BCUT2D eigenvalue weighted by molar-refractivity contribution is 0.0989. The van der Waals surface area contributed by atoms with Gasteiger partial charge in [-0.2, -0.15) is 0 Å². The Balaban J connectivity index is 1.62. The molecule has 0 bridgehead atoms. The van der Waals surface area contributed by atoms with Gasteiger partial charge in [-0.3, -0.25) is 14.7 Å². The van der Waals surface area contributed by atoms with Gasteiger partial charge in [-0.1, -0.05) is 29.8 Å². The van der Waals surface area contributed by atoms with Crippen LogP contribution in [0.3, 0.4) is 0 Å². The maximum Gasteiger partial charge on any atom is 0.260 e. The quantitative estimate of drug-likeness (QED) is 0.681. The number of hydrogen-bond acceptors (Lipinski definition) is 3. The number of carbonyl (C=O) groups is 1. The first-order chi connectivity index (χ1) is 12.6. The van der Waals surface area contributed by atoms with Crippen LogP contribution in [0.2, 0.25) is 5.02 Å². The van der Waals surface area contributed by atoms with Crippen molar-refractivity contribution >= 4 is 29.1 Å². The number of benzene rings is 2. The molecule has 2 heterocycles. The fraction of sp³-hybridized carbons (Fsp3) is 0.143. The van der Waals surface area contributed by atoms with Crippen molar-refractivity contribution in [1.29, 1.82) is 0 Å². The Labute approximate surface area is 156 Å². The minimum Gasteiger partial charge on any atom is -0.448 e. The van der Waals surface area contributed by atoms with Gasteiger partial charge in [0.25, 0.3) is 5.91 Å². The second-order valence-corrected chi connectivity index (χ2v) is 6.61.